The quantitative estimate of drug-likeness (QED) is 0.368. The van der Waals surface area contributed by atoms with Crippen LogP contribution in [0.4, 0.5) is 14.6 Å². The Morgan fingerprint density at radius 3 is 2.58 bits per heavy atom. The molecule has 1 aliphatic carbocycles. The van der Waals surface area contributed by atoms with Crippen LogP contribution < -0.4 is 20.1 Å². The lowest BCUT2D eigenvalue weighted by atomic mass is 9.91. The van der Waals surface area contributed by atoms with E-state index in [9.17, 15) is 18.7 Å². The van der Waals surface area contributed by atoms with E-state index in [0.717, 1.165) is 21.8 Å². The first-order valence-electron chi connectivity index (χ1n) is 11.0. The molecule has 3 N–H and O–H groups in total. The zero-order valence-corrected chi connectivity index (χ0v) is 20.7. The van der Waals surface area contributed by atoms with Gasteiger partial charge < -0.3 is 25.2 Å². The van der Waals surface area contributed by atoms with Crippen LogP contribution in [0.2, 0.25) is 0 Å². The average Bonchev–Trinajstić information content (AvgIpc) is 3.27. The maximum atomic E-state index is 14.9. The van der Waals surface area contributed by atoms with Gasteiger partial charge in [-0.2, -0.15) is 0 Å². The van der Waals surface area contributed by atoms with Crippen LogP contribution >= 0.6 is 11.3 Å². The molecule has 2 aromatic heterocycles. The third-order valence-corrected chi connectivity index (χ3v) is 6.91. The van der Waals surface area contributed by atoms with Gasteiger partial charge in [-0.3, -0.25) is 4.79 Å². The van der Waals surface area contributed by atoms with Gasteiger partial charge in [-0.15, -0.1) is 11.3 Å². The number of thiophene rings is 1. The lowest BCUT2D eigenvalue weighted by Crippen LogP contribution is -2.37. The number of nitrogens with one attached hydrogen (secondary N) is 2. The monoisotopic (exact) mass is 513 g/mol. The molecule has 188 valence electrons. The molecule has 7 nitrogen and oxygen atoms in total. The Morgan fingerprint density at radius 2 is 1.94 bits per heavy atom. The number of aliphatic hydroxyl groups excluding tert-OH is 1. The molecule has 36 heavy (non-hydrogen) atoms. The van der Waals surface area contributed by atoms with Gasteiger partial charge in [0.15, 0.2) is 23.1 Å². The number of amides is 1. The Bertz CT molecular complexity index is 1370. The van der Waals surface area contributed by atoms with Gasteiger partial charge in [-0.25, -0.2) is 13.8 Å². The summed E-state index contributed by atoms with van der Waals surface area (Å²) in [5.74, 6) is -2.18. The first-order valence-corrected chi connectivity index (χ1v) is 11.8. The van der Waals surface area contributed by atoms with Crippen LogP contribution in [0, 0.1) is 11.6 Å². The maximum absolute atomic E-state index is 14.9. The minimum atomic E-state index is -1.58. The molecule has 0 spiro atoms. The number of carbonyl (C=O) groups is 1. The van der Waals surface area contributed by atoms with Crippen molar-refractivity contribution in [1.82, 2.24) is 10.3 Å². The molecule has 1 aromatic carbocycles. The van der Waals surface area contributed by atoms with Gasteiger partial charge in [0.05, 0.1) is 30.0 Å². The van der Waals surface area contributed by atoms with Crippen molar-refractivity contribution in [2.24, 2.45) is 0 Å². The van der Waals surface area contributed by atoms with E-state index in [0.29, 0.717) is 17.1 Å². The van der Waals surface area contributed by atoms with Crippen LogP contribution in [0.5, 0.6) is 11.5 Å². The van der Waals surface area contributed by atoms with Gasteiger partial charge in [0.2, 0.25) is 5.91 Å². The zero-order valence-electron chi connectivity index (χ0n) is 19.9. The molecule has 0 aliphatic heterocycles. The minimum absolute atomic E-state index is 0.233. The van der Waals surface area contributed by atoms with Crippen LogP contribution in [0.3, 0.4) is 0 Å². The summed E-state index contributed by atoms with van der Waals surface area (Å²) in [7, 11) is 2.50. The van der Waals surface area contributed by atoms with E-state index in [2.05, 4.69) is 22.2 Å². The van der Waals surface area contributed by atoms with Crippen molar-refractivity contribution >= 4 is 33.1 Å². The Kier molecular flexibility index (Phi) is 7.09. The molecule has 0 bridgehead atoms. The van der Waals surface area contributed by atoms with Gasteiger partial charge in [-0.1, -0.05) is 18.7 Å². The molecule has 0 saturated heterocycles. The number of methoxy groups -OCH3 is 2. The number of rotatable bonds is 8. The summed E-state index contributed by atoms with van der Waals surface area (Å²) in [5.41, 5.74) is -0.344. The molecule has 2 heterocycles. The second-order valence-electron chi connectivity index (χ2n) is 8.45. The summed E-state index contributed by atoms with van der Waals surface area (Å²) < 4.78 is 40.5. The number of nitrogens with zero attached hydrogens (tertiary/aromatic N) is 1. The number of hydrogen-bond acceptors (Lipinski definition) is 7. The molecule has 0 radical (unpaired) electrons. The van der Waals surface area contributed by atoms with Gasteiger partial charge in [0.1, 0.15) is 11.9 Å². The maximum Gasteiger partial charge on any atom is 0.247 e. The number of allylic oxidation sites excluding steroid dienone is 2. The lowest BCUT2D eigenvalue weighted by Gasteiger charge is -2.31. The fourth-order valence-corrected chi connectivity index (χ4v) is 5.03. The molecule has 3 aromatic rings. The van der Waals surface area contributed by atoms with Crippen molar-refractivity contribution in [3.63, 3.8) is 0 Å². The number of ether oxygens (including phenoxy) is 2. The van der Waals surface area contributed by atoms with Crippen molar-refractivity contribution in [2.45, 2.75) is 25.0 Å². The average molecular weight is 514 g/mol. The van der Waals surface area contributed by atoms with Crippen molar-refractivity contribution in [1.29, 1.82) is 0 Å². The molecular formula is C26H25F2N3O4S. The molecule has 1 aliphatic rings. The first kappa shape index (κ1) is 25.3. The molecule has 10 heteroatoms. The van der Waals surface area contributed by atoms with Crippen molar-refractivity contribution in [2.75, 3.05) is 19.5 Å². The highest BCUT2D eigenvalue weighted by atomic mass is 32.1. The summed E-state index contributed by atoms with van der Waals surface area (Å²) >= 11 is 1.17. The van der Waals surface area contributed by atoms with Crippen LogP contribution in [-0.2, 0) is 4.79 Å². The van der Waals surface area contributed by atoms with E-state index in [-0.39, 0.29) is 17.4 Å². The predicted octanol–water partition coefficient (Wildman–Crippen LogP) is 4.99. The van der Waals surface area contributed by atoms with E-state index in [4.69, 9.17) is 9.47 Å². The van der Waals surface area contributed by atoms with Crippen molar-refractivity contribution in [3.05, 3.63) is 83.1 Å². The van der Waals surface area contributed by atoms with E-state index >= 15 is 0 Å². The van der Waals surface area contributed by atoms with E-state index < -0.39 is 28.8 Å². The molecule has 2 unspecified atom stereocenters. The number of benzene rings is 1. The molecule has 0 saturated carbocycles. The highest BCUT2D eigenvalue weighted by Gasteiger charge is 2.29. The Morgan fingerprint density at radius 1 is 1.25 bits per heavy atom. The van der Waals surface area contributed by atoms with Crippen LogP contribution in [0.15, 0.2) is 61.0 Å². The summed E-state index contributed by atoms with van der Waals surface area (Å²) in [5, 5.41) is 17.8. The van der Waals surface area contributed by atoms with Crippen LogP contribution in [-0.4, -0.2) is 35.8 Å². The number of fused-ring (bicyclic) bond motifs is 1. The SMILES string of the molecule is C=CC(=O)NC1=CC=CC(C)(Nc2cc3cc(C(O)c4c(F)c(OC)cc(OC)c4F)sc3cn2)C1. The Labute approximate surface area is 210 Å². The van der Waals surface area contributed by atoms with Crippen molar-refractivity contribution in [3.8, 4) is 11.5 Å². The summed E-state index contributed by atoms with van der Waals surface area (Å²) in [4.78, 5) is 16.5. The lowest BCUT2D eigenvalue weighted by molar-refractivity contribution is -0.115. The van der Waals surface area contributed by atoms with Gasteiger partial charge >= 0.3 is 0 Å². The second kappa shape index (κ2) is 10.1. The largest absolute Gasteiger partial charge is 0.494 e. The number of pyridine rings is 1. The van der Waals surface area contributed by atoms with E-state index in [1.54, 1.807) is 18.3 Å². The minimum Gasteiger partial charge on any atom is -0.494 e. The van der Waals surface area contributed by atoms with E-state index in [1.165, 1.54) is 31.6 Å². The highest BCUT2D eigenvalue weighted by Crippen LogP contribution is 2.40. The Hall–Kier alpha value is -3.76. The standard InChI is InChI=1S/C26H25F2N3O4S/c1-5-21(32)30-15-7-6-8-26(2,12-15)31-20-10-14-9-18(36-19(14)13-29-20)25(33)22-23(27)16(34-3)11-17(35-4)24(22)28/h5-11,13,25,33H,1,12H2,2-4H3,(H,29,31)(H,30,32). The van der Waals surface area contributed by atoms with Crippen LogP contribution in [0.25, 0.3) is 10.1 Å². The number of aliphatic hydroxyl groups is 1. The summed E-state index contributed by atoms with van der Waals surface area (Å²) in [6, 6.07) is 4.55. The summed E-state index contributed by atoms with van der Waals surface area (Å²) in [6.07, 6.45) is 7.39. The normalized spacial score (nSPS) is 17.9. The number of hydrogen-bond donors (Lipinski definition) is 3. The molecule has 1 amide bonds. The third kappa shape index (κ3) is 4.95. The molecule has 4 rings (SSSR count). The number of anilines is 1. The second-order valence-corrected chi connectivity index (χ2v) is 9.56. The molecule has 2 atom stereocenters. The van der Waals surface area contributed by atoms with Gasteiger partial charge in [-0.05, 0) is 36.6 Å². The molecule has 0 fully saturated rings. The topological polar surface area (TPSA) is 92.7 Å². The van der Waals surface area contributed by atoms with E-state index in [1.807, 2.05) is 25.2 Å². The van der Waals surface area contributed by atoms with Crippen molar-refractivity contribution < 1.29 is 28.2 Å². The van der Waals surface area contributed by atoms with Gasteiger partial charge in [0.25, 0.3) is 0 Å². The zero-order chi connectivity index (χ0) is 26.0. The predicted molar refractivity (Wildman–Crippen MR) is 135 cm³/mol. The first-order chi connectivity index (χ1) is 17.2. The third-order valence-electron chi connectivity index (χ3n) is 5.78. The van der Waals surface area contributed by atoms with Gasteiger partial charge in [0, 0.05) is 29.3 Å². The highest BCUT2D eigenvalue weighted by molar-refractivity contribution is 7.19. The number of carbonyl (C=O) groups excluding carboxylic acids is 1. The Balaban J connectivity index is 1.61. The fourth-order valence-electron chi connectivity index (χ4n) is 4.02. The smallest absolute Gasteiger partial charge is 0.247 e. The number of halogens is 2. The summed E-state index contributed by atoms with van der Waals surface area (Å²) in [6.45, 7) is 5.43. The molecular weight excluding hydrogens is 488 g/mol. The fraction of sp³-hybridized carbons (Fsp3) is 0.231. The van der Waals surface area contributed by atoms with Crippen LogP contribution in [0.1, 0.15) is 29.9 Å². The number of aromatic nitrogens is 1.